The van der Waals surface area contributed by atoms with Crippen LogP contribution in [0.2, 0.25) is 5.02 Å². The van der Waals surface area contributed by atoms with Crippen molar-refractivity contribution in [1.82, 2.24) is 19.9 Å². The van der Waals surface area contributed by atoms with E-state index in [0.29, 0.717) is 54.5 Å². The highest BCUT2D eigenvalue weighted by atomic mass is 35.5. The highest BCUT2D eigenvalue weighted by molar-refractivity contribution is 6.35. The van der Waals surface area contributed by atoms with Crippen LogP contribution in [-0.2, 0) is 24.3 Å². The van der Waals surface area contributed by atoms with Crippen molar-refractivity contribution in [3.05, 3.63) is 87.2 Å². The topological polar surface area (TPSA) is 97.6 Å². The van der Waals surface area contributed by atoms with Crippen molar-refractivity contribution < 1.29 is 23.8 Å². The van der Waals surface area contributed by atoms with E-state index < -0.39 is 17.7 Å². The number of amides is 1. The molecule has 0 saturated heterocycles. The van der Waals surface area contributed by atoms with Crippen LogP contribution < -0.4 is 4.74 Å². The lowest BCUT2D eigenvalue weighted by atomic mass is 9.85. The van der Waals surface area contributed by atoms with Gasteiger partial charge >= 0.3 is 5.97 Å². The molecule has 1 N–H and O–H groups in total. The molecule has 0 fully saturated rings. The summed E-state index contributed by atoms with van der Waals surface area (Å²) < 4.78 is 22.6. The second kappa shape index (κ2) is 11.5. The number of aliphatic carboxylic acids is 1. The lowest BCUT2D eigenvalue weighted by Crippen LogP contribution is -2.36. The van der Waals surface area contributed by atoms with Crippen molar-refractivity contribution >= 4 is 34.5 Å². The van der Waals surface area contributed by atoms with Gasteiger partial charge in [-0.25, -0.2) is 9.07 Å². The minimum atomic E-state index is -0.954. The summed E-state index contributed by atoms with van der Waals surface area (Å²) in [5.41, 5.74) is 4.78. The summed E-state index contributed by atoms with van der Waals surface area (Å²) in [6, 6.07) is 14.0. The number of hydrogen-bond donors (Lipinski definition) is 1. The van der Waals surface area contributed by atoms with E-state index in [1.165, 1.54) is 12.1 Å². The lowest BCUT2D eigenvalue weighted by molar-refractivity contribution is -0.137. The molecule has 8 nitrogen and oxygen atoms in total. The number of carboxylic acid groups (broad SMARTS) is 1. The smallest absolute Gasteiger partial charge is 0.304 e. The fraction of sp³-hybridized carbons (Fsp3) is 0.355. The van der Waals surface area contributed by atoms with Crippen LogP contribution >= 0.6 is 11.6 Å². The van der Waals surface area contributed by atoms with Crippen LogP contribution in [-0.4, -0.2) is 50.0 Å². The van der Waals surface area contributed by atoms with E-state index in [1.807, 2.05) is 35.0 Å². The zero-order valence-electron chi connectivity index (χ0n) is 22.5. The van der Waals surface area contributed by atoms with E-state index in [9.17, 15) is 14.7 Å². The number of aromatic nitrogens is 3. The zero-order valence-corrected chi connectivity index (χ0v) is 23.2. The zero-order chi connectivity index (χ0) is 28.5. The number of ether oxygens (including phenoxy) is 1. The number of nitrogens with zero attached hydrogens (tertiary/aromatic N) is 4. The van der Waals surface area contributed by atoms with Crippen molar-refractivity contribution in [2.75, 3.05) is 13.2 Å². The maximum Gasteiger partial charge on any atom is 0.304 e. The van der Waals surface area contributed by atoms with Gasteiger partial charge in [0.1, 0.15) is 17.1 Å². The predicted octanol–water partition coefficient (Wildman–Crippen LogP) is 5.98. The molecule has 1 amide bonds. The molecule has 5 aliphatic rings. The monoisotopic (exact) mass is 576 g/mol. The van der Waals surface area contributed by atoms with Gasteiger partial charge in [-0.3, -0.25) is 9.59 Å². The first-order valence-corrected chi connectivity index (χ1v) is 14.3. The normalized spacial score (nSPS) is 17.9. The molecule has 0 aliphatic carbocycles. The van der Waals surface area contributed by atoms with Crippen LogP contribution in [0.25, 0.3) is 11.0 Å². The first kappa shape index (κ1) is 27.2. The summed E-state index contributed by atoms with van der Waals surface area (Å²) in [5, 5.41) is 18.9. The maximum absolute atomic E-state index is 15.0. The summed E-state index contributed by atoms with van der Waals surface area (Å²) >= 11 is 6.87. The SMILES string of the molecule is O=C(O)CC1c2ccc3c(c2)CN(CC3)C(=O)c2ccc(cc2F)OCCCCCCn2nnc3c(Cl)c1ccc32. The Balaban J connectivity index is 1.40. The Morgan fingerprint density at radius 1 is 1.05 bits per heavy atom. The van der Waals surface area contributed by atoms with Gasteiger partial charge in [0, 0.05) is 31.6 Å². The van der Waals surface area contributed by atoms with Crippen molar-refractivity contribution in [2.24, 2.45) is 0 Å². The molecule has 1 aromatic heterocycles. The standard InChI is InChI=1S/C31H30ClFN4O4/c32-29-23-9-10-27-30(29)34-35-37(27)12-3-1-2-4-14-41-22-7-8-24(26(33)16-22)31(40)36-13-11-19-5-6-20(15-21(19)18-36)25(23)17-28(38)39/h5-10,15-16,25H,1-4,11-14,17-18H2,(H,38,39). The summed E-state index contributed by atoms with van der Waals surface area (Å²) in [5.74, 6) is -2.07. The van der Waals surface area contributed by atoms with Crippen molar-refractivity contribution in [2.45, 2.75) is 57.5 Å². The molecular weight excluding hydrogens is 547 g/mol. The fourth-order valence-electron chi connectivity index (χ4n) is 5.84. The molecule has 5 aliphatic heterocycles. The molecule has 9 rings (SSSR count). The van der Waals surface area contributed by atoms with Gasteiger partial charge in [-0.1, -0.05) is 47.5 Å². The minimum Gasteiger partial charge on any atom is -0.493 e. The van der Waals surface area contributed by atoms with Crippen molar-refractivity contribution in [1.29, 1.82) is 0 Å². The molecule has 41 heavy (non-hydrogen) atoms. The van der Waals surface area contributed by atoms with E-state index in [4.69, 9.17) is 16.3 Å². The maximum atomic E-state index is 15.0. The van der Waals surface area contributed by atoms with Crippen LogP contribution in [0.5, 0.6) is 5.75 Å². The molecule has 0 radical (unpaired) electrons. The Hall–Kier alpha value is -3.98. The molecule has 0 saturated carbocycles. The molecule has 6 heterocycles. The van der Waals surface area contributed by atoms with E-state index in [2.05, 4.69) is 10.3 Å². The van der Waals surface area contributed by atoms with Gasteiger partial charge in [0.2, 0.25) is 0 Å². The Morgan fingerprint density at radius 3 is 2.73 bits per heavy atom. The number of rotatable bonds is 2. The molecule has 9 bridgehead atoms. The van der Waals surface area contributed by atoms with Gasteiger partial charge in [0.05, 0.1) is 29.1 Å². The fourth-order valence-corrected chi connectivity index (χ4v) is 6.17. The molecule has 212 valence electrons. The number of hydrogen-bond acceptors (Lipinski definition) is 5. The van der Waals surface area contributed by atoms with Gasteiger partial charge in [-0.2, -0.15) is 0 Å². The van der Waals surface area contributed by atoms with Gasteiger partial charge < -0.3 is 14.7 Å². The minimum absolute atomic E-state index is 0.00618. The Labute approximate surface area is 241 Å². The predicted molar refractivity (Wildman–Crippen MR) is 152 cm³/mol. The van der Waals surface area contributed by atoms with Crippen LogP contribution in [0.15, 0.2) is 48.5 Å². The summed E-state index contributed by atoms with van der Waals surface area (Å²) in [7, 11) is 0. The van der Waals surface area contributed by atoms with E-state index in [0.717, 1.165) is 47.9 Å². The number of carbonyl (C=O) groups excluding carboxylic acids is 1. The van der Waals surface area contributed by atoms with E-state index >= 15 is 4.39 Å². The largest absolute Gasteiger partial charge is 0.493 e. The third-order valence-electron chi connectivity index (χ3n) is 8.05. The summed E-state index contributed by atoms with van der Waals surface area (Å²) in [6.07, 6.45) is 4.03. The molecule has 4 aromatic rings. The second-order valence-electron chi connectivity index (χ2n) is 10.7. The van der Waals surface area contributed by atoms with E-state index in [-0.39, 0.29) is 17.9 Å². The summed E-state index contributed by atoms with van der Waals surface area (Å²) in [4.78, 5) is 27.0. The average molecular weight is 577 g/mol. The highest BCUT2D eigenvalue weighted by Crippen LogP contribution is 2.38. The lowest BCUT2D eigenvalue weighted by Gasteiger charge is -2.30. The second-order valence-corrected chi connectivity index (χ2v) is 11.1. The van der Waals surface area contributed by atoms with Gasteiger partial charge in [-0.05, 0) is 66.1 Å². The van der Waals surface area contributed by atoms with Crippen LogP contribution in [0.4, 0.5) is 4.39 Å². The molecule has 3 aromatic carbocycles. The number of carboxylic acids is 1. The van der Waals surface area contributed by atoms with Crippen LogP contribution in [0.1, 0.15) is 70.6 Å². The Morgan fingerprint density at radius 2 is 1.90 bits per heavy atom. The van der Waals surface area contributed by atoms with Gasteiger partial charge in [0.15, 0.2) is 0 Å². The first-order chi connectivity index (χ1) is 19.9. The Kier molecular flexibility index (Phi) is 7.62. The average Bonchev–Trinajstić information content (AvgIpc) is 3.38. The number of carbonyl (C=O) groups is 2. The molecular formula is C31H30ClFN4O4. The third-order valence-corrected chi connectivity index (χ3v) is 8.44. The van der Waals surface area contributed by atoms with Crippen molar-refractivity contribution in [3.8, 4) is 5.75 Å². The van der Waals surface area contributed by atoms with Gasteiger partial charge in [0.25, 0.3) is 5.91 Å². The van der Waals surface area contributed by atoms with Crippen molar-refractivity contribution in [3.63, 3.8) is 0 Å². The molecule has 1 atom stereocenters. The molecule has 10 heteroatoms. The molecule has 1 unspecified atom stereocenters. The third kappa shape index (κ3) is 5.51. The number of benzene rings is 3. The summed E-state index contributed by atoms with van der Waals surface area (Å²) in [6.45, 7) is 1.88. The van der Waals surface area contributed by atoms with E-state index in [1.54, 1.807) is 11.0 Å². The quantitative estimate of drug-likeness (QED) is 0.315. The number of aryl methyl sites for hydroxylation is 1. The van der Waals surface area contributed by atoms with Crippen LogP contribution in [0.3, 0.4) is 0 Å². The Bertz CT molecular complexity index is 1640. The highest BCUT2D eigenvalue weighted by Gasteiger charge is 2.27. The first-order valence-electron chi connectivity index (χ1n) is 14.0. The van der Waals surface area contributed by atoms with Gasteiger partial charge in [-0.15, -0.1) is 5.10 Å². The molecule has 0 spiro atoms. The van der Waals surface area contributed by atoms with Crippen LogP contribution in [0, 0.1) is 5.82 Å². The number of halogens is 2.